The summed E-state index contributed by atoms with van der Waals surface area (Å²) in [6, 6.07) is 0. The van der Waals surface area contributed by atoms with Crippen LogP contribution in [0.15, 0.2) is 0 Å². The van der Waals surface area contributed by atoms with Crippen LogP contribution in [-0.4, -0.2) is 96.7 Å². The molecule has 0 radical (unpaired) electrons. The quantitative estimate of drug-likeness (QED) is 0.0222. The molecule has 0 amide bonds. The maximum absolute atomic E-state index is 13.1. The van der Waals surface area contributed by atoms with Gasteiger partial charge in [-0.1, -0.05) is 370 Å². The Kier molecular flexibility index (Phi) is 69.9. The number of carbonyl (C=O) groups is 4. The summed E-state index contributed by atoms with van der Waals surface area (Å²) in [6.45, 7) is 11.9. The summed E-state index contributed by atoms with van der Waals surface area (Å²) >= 11 is 0. The second-order valence-corrected chi connectivity index (χ2v) is 33.5. The minimum atomic E-state index is -4.96. The normalized spacial score (nSPS) is 14.0. The van der Waals surface area contributed by atoms with Crippen molar-refractivity contribution in [1.29, 1.82) is 0 Å². The summed E-state index contributed by atoms with van der Waals surface area (Å²) in [6.07, 6.45) is 60.0. The van der Waals surface area contributed by atoms with Gasteiger partial charge in [0.15, 0.2) is 12.2 Å². The van der Waals surface area contributed by atoms with Crippen molar-refractivity contribution in [2.24, 2.45) is 17.8 Å². The number of hydrogen-bond donors (Lipinski definition) is 3. The van der Waals surface area contributed by atoms with Crippen molar-refractivity contribution < 1.29 is 80.2 Å². The van der Waals surface area contributed by atoms with Gasteiger partial charge in [-0.15, -0.1) is 0 Å². The van der Waals surface area contributed by atoms with Gasteiger partial charge in [-0.2, -0.15) is 0 Å². The van der Waals surface area contributed by atoms with Gasteiger partial charge in [-0.05, 0) is 43.4 Å². The molecule has 0 fully saturated rings. The van der Waals surface area contributed by atoms with E-state index in [-0.39, 0.29) is 25.7 Å². The van der Waals surface area contributed by atoms with Crippen molar-refractivity contribution in [2.75, 3.05) is 39.6 Å². The lowest BCUT2D eigenvalue weighted by atomic mass is 10.0. The van der Waals surface area contributed by atoms with E-state index in [1.165, 1.54) is 225 Å². The van der Waals surface area contributed by atoms with E-state index < -0.39 is 97.5 Å². The number of phosphoric acid groups is 2. The molecule has 0 aromatic carbocycles. The lowest BCUT2D eigenvalue weighted by Gasteiger charge is -2.21. The van der Waals surface area contributed by atoms with Crippen molar-refractivity contribution in [3.63, 3.8) is 0 Å². The van der Waals surface area contributed by atoms with Crippen LogP contribution in [0, 0.1) is 17.8 Å². The van der Waals surface area contributed by atoms with Crippen LogP contribution < -0.4 is 0 Å². The van der Waals surface area contributed by atoms with Crippen molar-refractivity contribution in [3.8, 4) is 0 Å². The van der Waals surface area contributed by atoms with E-state index in [0.29, 0.717) is 31.6 Å². The van der Waals surface area contributed by atoms with E-state index in [9.17, 15) is 43.2 Å². The first-order valence-corrected chi connectivity index (χ1v) is 44.8. The Labute approximate surface area is 613 Å². The standard InChI is InChI=1S/C81H158O17P2/c1-8-9-10-11-12-13-14-15-16-17-18-19-20-25-28-31-36-41-50-57-64-80(85)97-76(68-91-78(83)62-55-48-40-35-30-27-24-22-21-23-26-29-33-38-45-52-59-72(2)3)70-95-99(87,88)93-66-75(82)67-94-100(89,90)96-71-77(69-92-79(84)63-56-49-44-43-47-54-61-74(6)7)98-81(86)65-58-51-42-37-32-34-39-46-53-60-73(4)5/h72-77,82H,8-71H2,1-7H3,(H,87,88)(H,89,90)/t75-,76-,77-/m1/s1. The summed E-state index contributed by atoms with van der Waals surface area (Å²) < 4.78 is 68.6. The Morgan fingerprint density at radius 3 is 0.680 bits per heavy atom. The first-order valence-electron chi connectivity index (χ1n) is 41.8. The topological polar surface area (TPSA) is 237 Å². The third-order valence-corrected chi connectivity index (χ3v) is 20.8. The minimum Gasteiger partial charge on any atom is -0.462 e. The van der Waals surface area contributed by atoms with Crippen LogP contribution in [0.4, 0.5) is 0 Å². The summed E-state index contributed by atoms with van der Waals surface area (Å²) in [5.74, 6) is 0.113. The Balaban J connectivity index is 5.20. The van der Waals surface area contributed by atoms with E-state index in [2.05, 4.69) is 48.5 Å². The highest BCUT2D eigenvalue weighted by Gasteiger charge is 2.30. The number of phosphoric ester groups is 2. The predicted molar refractivity (Wildman–Crippen MR) is 409 cm³/mol. The van der Waals surface area contributed by atoms with Crippen molar-refractivity contribution in [1.82, 2.24) is 0 Å². The molecule has 0 saturated heterocycles. The predicted octanol–water partition coefficient (Wildman–Crippen LogP) is 24.1. The lowest BCUT2D eigenvalue weighted by Crippen LogP contribution is -2.30. The highest BCUT2D eigenvalue weighted by Crippen LogP contribution is 2.45. The molecule has 0 aliphatic carbocycles. The van der Waals surface area contributed by atoms with E-state index >= 15 is 0 Å². The monoisotopic (exact) mass is 1470 g/mol. The number of aliphatic hydroxyl groups excluding tert-OH is 1. The van der Waals surface area contributed by atoms with E-state index in [0.717, 1.165) is 108 Å². The maximum atomic E-state index is 13.1. The molecule has 2 unspecified atom stereocenters. The Morgan fingerprint density at radius 1 is 0.270 bits per heavy atom. The van der Waals surface area contributed by atoms with E-state index in [1.807, 2.05) is 0 Å². The molecule has 0 rings (SSSR count). The van der Waals surface area contributed by atoms with E-state index in [1.54, 1.807) is 0 Å². The summed E-state index contributed by atoms with van der Waals surface area (Å²) in [4.78, 5) is 72.9. The minimum absolute atomic E-state index is 0.104. The van der Waals surface area contributed by atoms with Crippen LogP contribution in [-0.2, 0) is 65.4 Å². The van der Waals surface area contributed by atoms with Gasteiger partial charge in [0, 0.05) is 25.7 Å². The van der Waals surface area contributed by atoms with Crippen LogP contribution in [0.3, 0.4) is 0 Å². The molecule has 0 aromatic heterocycles. The Morgan fingerprint density at radius 2 is 0.460 bits per heavy atom. The molecule has 100 heavy (non-hydrogen) atoms. The number of aliphatic hydroxyl groups is 1. The van der Waals surface area contributed by atoms with Crippen LogP contribution in [0.5, 0.6) is 0 Å². The third kappa shape index (κ3) is 74.3. The van der Waals surface area contributed by atoms with Gasteiger partial charge < -0.3 is 33.8 Å². The number of hydrogen-bond acceptors (Lipinski definition) is 15. The summed E-state index contributed by atoms with van der Waals surface area (Å²) in [5.41, 5.74) is 0. The third-order valence-electron chi connectivity index (χ3n) is 18.9. The molecule has 0 aromatic rings. The molecule has 17 nitrogen and oxygen atoms in total. The zero-order valence-electron chi connectivity index (χ0n) is 65.7. The van der Waals surface area contributed by atoms with Gasteiger partial charge in [-0.25, -0.2) is 9.13 Å². The molecule has 0 aliphatic rings. The first kappa shape index (κ1) is 98.1. The molecular formula is C81H158O17P2. The molecule has 0 aliphatic heterocycles. The average Bonchev–Trinajstić information content (AvgIpc) is 0.946. The van der Waals surface area contributed by atoms with Gasteiger partial charge in [0.2, 0.25) is 0 Å². The number of rotatable bonds is 79. The molecule has 0 heterocycles. The fraction of sp³-hybridized carbons (Fsp3) is 0.951. The second kappa shape index (κ2) is 71.3. The SMILES string of the molecule is CCCCCCCCCCCCCCCCCCCCCCC(=O)O[C@H](COC(=O)CCCCCCCCCCCCCCCCCCC(C)C)COP(=O)(O)OC[C@@H](O)COP(=O)(O)OC[C@@H](COC(=O)CCCCCCCCC(C)C)OC(=O)CCCCCCCCCCCC(C)C. The van der Waals surface area contributed by atoms with Crippen LogP contribution in [0.2, 0.25) is 0 Å². The van der Waals surface area contributed by atoms with Crippen molar-refractivity contribution >= 4 is 39.5 Å². The maximum Gasteiger partial charge on any atom is 0.472 e. The fourth-order valence-electron chi connectivity index (χ4n) is 12.5. The van der Waals surface area contributed by atoms with Crippen LogP contribution in [0.25, 0.3) is 0 Å². The molecule has 594 valence electrons. The van der Waals surface area contributed by atoms with Crippen LogP contribution >= 0.6 is 15.6 Å². The number of ether oxygens (including phenoxy) is 4. The lowest BCUT2D eigenvalue weighted by molar-refractivity contribution is -0.161. The van der Waals surface area contributed by atoms with Crippen molar-refractivity contribution in [3.05, 3.63) is 0 Å². The number of esters is 4. The van der Waals surface area contributed by atoms with Crippen LogP contribution in [0.1, 0.15) is 421 Å². The first-order chi connectivity index (χ1) is 48.2. The molecule has 0 saturated carbocycles. The molecule has 19 heteroatoms. The second-order valence-electron chi connectivity index (χ2n) is 30.6. The largest absolute Gasteiger partial charge is 0.472 e. The molecule has 5 atom stereocenters. The van der Waals surface area contributed by atoms with Crippen molar-refractivity contribution in [2.45, 2.75) is 439 Å². The highest BCUT2D eigenvalue weighted by molar-refractivity contribution is 7.47. The van der Waals surface area contributed by atoms with Gasteiger partial charge in [0.25, 0.3) is 0 Å². The highest BCUT2D eigenvalue weighted by atomic mass is 31.2. The summed E-state index contributed by atoms with van der Waals surface area (Å²) in [7, 11) is -9.92. The molecule has 0 spiro atoms. The number of carbonyl (C=O) groups excluding carboxylic acids is 4. The zero-order chi connectivity index (χ0) is 73.7. The molecule has 0 bridgehead atoms. The smallest absolute Gasteiger partial charge is 0.462 e. The Hall–Kier alpha value is -1.94. The summed E-state index contributed by atoms with van der Waals surface area (Å²) in [5, 5.41) is 10.6. The molecule has 3 N–H and O–H groups in total. The van der Waals surface area contributed by atoms with Gasteiger partial charge >= 0.3 is 39.5 Å². The Bertz CT molecular complexity index is 1940. The average molecular weight is 1470 g/mol. The van der Waals surface area contributed by atoms with Gasteiger partial charge in [0.05, 0.1) is 26.4 Å². The van der Waals surface area contributed by atoms with Gasteiger partial charge in [-0.3, -0.25) is 37.3 Å². The number of unbranched alkanes of at least 4 members (excludes halogenated alkanes) is 47. The fourth-order valence-corrected chi connectivity index (χ4v) is 14.1. The van der Waals surface area contributed by atoms with Gasteiger partial charge in [0.1, 0.15) is 19.3 Å². The molecular weight excluding hydrogens is 1310 g/mol. The zero-order valence-corrected chi connectivity index (χ0v) is 67.5. The van der Waals surface area contributed by atoms with E-state index in [4.69, 9.17) is 37.0 Å².